The van der Waals surface area contributed by atoms with Crippen LogP contribution in [0.4, 0.5) is 0 Å². The highest BCUT2D eigenvalue weighted by molar-refractivity contribution is 5.65. The van der Waals surface area contributed by atoms with E-state index in [2.05, 4.69) is 9.78 Å². The van der Waals surface area contributed by atoms with Gasteiger partial charge in [0.1, 0.15) is 13.2 Å². The molecule has 0 N–H and O–H groups in total. The van der Waals surface area contributed by atoms with Crippen LogP contribution in [0.15, 0.2) is 0 Å². The molecule has 0 aromatic rings. The van der Waals surface area contributed by atoms with Gasteiger partial charge in [-0.15, -0.1) is 0 Å². The lowest BCUT2D eigenvalue weighted by atomic mass is 10.5. The molecule has 0 spiro atoms. The van der Waals surface area contributed by atoms with Gasteiger partial charge in [-0.3, -0.25) is 4.89 Å². The number of nitrogens with zero attached hydrogens (tertiary/aromatic N) is 1. The second-order valence-corrected chi connectivity index (χ2v) is 3.41. The van der Waals surface area contributed by atoms with Crippen LogP contribution in [0.25, 0.3) is 0 Å². The van der Waals surface area contributed by atoms with E-state index in [4.69, 9.17) is 0 Å². The monoisotopic (exact) mass is 162 g/mol. The van der Waals surface area contributed by atoms with Crippen molar-refractivity contribution < 1.29 is 19.1 Å². The highest BCUT2D eigenvalue weighted by Gasteiger charge is 2.06. The third-order valence-corrected chi connectivity index (χ3v) is 1.02. The fraction of sp³-hybridized carbons (Fsp3) is 0.857. The van der Waals surface area contributed by atoms with Crippen molar-refractivity contribution in [3.05, 3.63) is 0 Å². The van der Waals surface area contributed by atoms with Crippen molar-refractivity contribution in [2.75, 3.05) is 34.3 Å². The van der Waals surface area contributed by atoms with Gasteiger partial charge < -0.3 is 4.48 Å². The lowest BCUT2D eigenvalue weighted by molar-refractivity contribution is -0.871. The molecule has 0 heterocycles. The number of carbonyl (C=O) groups excluding carboxylic acids is 1. The van der Waals surface area contributed by atoms with E-state index in [-0.39, 0.29) is 0 Å². The quantitative estimate of drug-likeness (QED) is 0.256. The standard InChI is InChI=1S/C7H16NO3/c1-7(9)11-10-6-5-8(2,3)4/h5-6H2,1-4H3/q+1. The number of quaternary nitrogens is 1. The third kappa shape index (κ3) is 9.39. The molecule has 0 aromatic heterocycles. The maximum atomic E-state index is 10.2. The summed E-state index contributed by atoms with van der Waals surface area (Å²) in [6, 6.07) is 0. The zero-order valence-electron chi connectivity index (χ0n) is 7.59. The zero-order valence-corrected chi connectivity index (χ0v) is 7.59. The molecular formula is C7H16NO3+. The smallest absolute Gasteiger partial charge is 0.329 e. The fourth-order valence-corrected chi connectivity index (χ4v) is 0.436. The molecule has 0 rings (SSSR count). The minimum Gasteiger partial charge on any atom is -0.329 e. The molecule has 0 aliphatic heterocycles. The van der Waals surface area contributed by atoms with E-state index in [1.54, 1.807) is 0 Å². The van der Waals surface area contributed by atoms with E-state index in [0.29, 0.717) is 6.61 Å². The minimum absolute atomic E-state index is 0.411. The first kappa shape index (κ1) is 10.4. The topological polar surface area (TPSA) is 35.5 Å². The van der Waals surface area contributed by atoms with Crippen LogP contribution in [0.3, 0.4) is 0 Å². The Balaban J connectivity index is 3.22. The number of likely N-dealkylation sites (N-methyl/N-ethyl adjacent to an activating group) is 1. The molecule has 0 unspecified atom stereocenters. The normalized spacial score (nSPS) is 11.3. The summed E-state index contributed by atoms with van der Waals surface area (Å²) < 4.78 is 0.793. The summed E-state index contributed by atoms with van der Waals surface area (Å²) in [5, 5.41) is 0. The maximum Gasteiger partial charge on any atom is 0.339 e. The van der Waals surface area contributed by atoms with Crippen LogP contribution in [-0.2, 0) is 14.6 Å². The van der Waals surface area contributed by atoms with Crippen molar-refractivity contribution in [3.8, 4) is 0 Å². The van der Waals surface area contributed by atoms with Crippen LogP contribution < -0.4 is 0 Å². The molecule has 0 fully saturated rings. The van der Waals surface area contributed by atoms with E-state index in [1.807, 2.05) is 21.1 Å². The van der Waals surface area contributed by atoms with E-state index in [9.17, 15) is 4.79 Å². The van der Waals surface area contributed by atoms with E-state index >= 15 is 0 Å². The molecule has 66 valence electrons. The lowest BCUT2D eigenvalue weighted by Gasteiger charge is -2.22. The molecule has 0 aliphatic carbocycles. The predicted octanol–water partition coefficient (Wildman–Crippen LogP) is 0.187. The van der Waals surface area contributed by atoms with E-state index < -0.39 is 5.97 Å². The van der Waals surface area contributed by atoms with Crippen molar-refractivity contribution >= 4 is 5.97 Å². The van der Waals surface area contributed by atoms with Gasteiger partial charge in [-0.25, -0.2) is 4.79 Å². The van der Waals surface area contributed by atoms with Gasteiger partial charge in [-0.05, 0) is 0 Å². The average molecular weight is 162 g/mol. The molecule has 0 saturated carbocycles. The van der Waals surface area contributed by atoms with Crippen LogP contribution in [-0.4, -0.2) is 44.7 Å². The van der Waals surface area contributed by atoms with Gasteiger partial charge in [0, 0.05) is 6.92 Å². The molecular weight excluding hydrogens is 146 g/mol. The minimum atomic E-state index is -0.411. The van der Waals surface area contributed by atoms with Crippen LogP contribution in [0.1, 0.15) is 6.92 Å². The molecule has 0 atom stereocenters. The Morgan fingerprint density at radius 2 is 1.91 bits per heavy atom. The molecule has 0 radical (unpaired) electrons. The van der Waals surface area contributed by atoms with E-state index in [0.717, 1.165) is 11.0 Å². The van der Waals surface area contributed by atoms with Crippen molar-refractivity contribution in [1.82, 2.24) is 0 Å². The summed E-state index contributed by atoms with van der Waals surface area (Å²) in [6.45, 7) is 2.56. The molecule has 11 heavy (non-hydrogen) atoms. The zero-order chi connectivity index (χ0) is 8.91. The van der Waals surface area contributed by atoms with E-state index in [1.165, 1.54) is 6.92 Å². The first-order valence-electron chi connectivity index (χ1n) is 3.52. The molecule has 0 saturated heterocycles. The largest absolute Gasteiger partial charge is 0.339 e. The third-order valence-electron chi connectivity index (χ3n) is 1.02. The van der Waals surface area contributed by atoms with Crippen molar-refractivity contribution in [2.24, 2.45) is 0 Å². The summed E-state index contributed by atoms with van der Waals surface area (Å²) in [5.74, 6) is -0.411. The highest BCUT2D eigenvalue weighted by Crippen LogP contribution is 1.89. The molecule has 4 heteroatoms. The van der Waals surface area contributed by atoms with Gasteiger partial charge in [0.05, 0.1) is 21.1 Å². The number of carbonyl (C=O) groups is 1. The number of hydrogen-bond acceptors (Lipinski definition) is 3. The van der Waals surface area contributed by atoms with Crippen LogP contribution in [0.5, 0.6) is 0 Å². The molecule has 0 aliphatic rings. The second-order valence-electron chi connectivity index (χ2n) is 3.41. The van der Waals surface area contributed by atoms with Crippen molar-refractivity contribution in [3.63, 3.8) is 0 Å². The van der Waals surface area contributed by atoms with Crippen LogP contribution >= 0.6 is 0 Å². The van der Waals surface area contributed by atoms with Gasteiger partial charge in [0.2, 0.25) is 0 Å². The summed E-state index contributed by atoms with van der Waals surface area (Å²) in [7, 11) is 6.12. The Hall–Kier alpha value is -0.610. The number of rotatable bonds is 4. The lowest BCUT2D eigenvalue weighted by Crippen LogP contribution is -2.37. The summed E-state index contributed by atoms with van der Waals surface area (Å²) in [6.07, 6.45) is 0. The van der Waals surface area contributed by atoms with Crippen molar-refractivity contribution in [1.29, 1.82) is 0 Å². The van der Waals surface area contributed by atoms with Gasteiger partial charge in [0.25, 0.3) is 0 Å². The Morgan fingerprint density at radius 1 is 1.36 bits per heavy atom. The second kappa shape index (κ2) is 4.31. The first-order chi connectivity index (χ1) is 4.92. The number of hydrogen-bond donors (Lipinski definition) is 0. The SMILES string of the molecule is CC(=O)OOCC[N+](C)(C)C. The first-order valence-corrected chi connectivity index (χ1v) is 3.52. The molecule has 0 amide bonds. The van der Waals surface area contributed by atoms with Crippen LogP contribution in [0, 0.1) is 0 Å². The molecule has 4 nitrogen and oxygen atoms in total. The Bertz CT molecular complexity index is 128. The van der Waals surface area contributed by atoms with Gasteiger partial charge >= 0.3 is 5.97 Å². The Labute approximate surface area is 67.2 Å². The Kier molecular flexibility index (Phi) is 4.07. The fourth-order valence-electron chi connectivity index (χ4n) is 0.436. The summed E-state index contributed by atoms with van der Waals surface area (Å²) in [4.78, 5) is 19.1. The van der Waals surface area contributed by atoms with Gasteiger partial charge in [-0.1, -0.05) is 0 Å². The molecule has 0 bridgehead atoms. The van der Waals surface area contributed by atoms with Crippen LogP contribution in [0.2, 0.25) is 0 Å². The highest BCUT2D eigenvalue weighted by atomic mass is 17.2. The summed E-state index contributed by atoms with van der Waals surface area (Å²) >= 11 is 0. The van der Waals surface area contributed by atoms with Gasteiger partial charge in [0.15, 0.2) is 0 Å². The van der Waals surface area contributed by atoms with Gasteiger partial charge in [-0.2, -0.15) is 4.89 Å². The maximum absolute atomic E-state index is 10.2. The predicted molar refractivity (Wildman–Crippen MR) is 40.6 cm³/mol. The van der Waals surface area contributed by atoms with Crippen molar-refractivity contribution in [2.45, 2.75) is 6.92 Å². The summed E-state index contributed by atoms with van der Waals surface area (Å²) in [5.41, 5.74) is 0. The average Bonchev–Trinajstić information content (AvgIpc) is 1.78. The Morgan fingerprint density at radius 3 is 2.27 bits per heavy atom. The molecule has 0 aromatic carbocycles.